The van der Waals surface area contributed by atoms with Crippen LogP contribution < -0.4 is 21.7 Å². The third-order valence-electron chi connectivity index (χ3n) is 26.6. The molecule has 27 atom stereocenters. The molecule has 8 fully saturated rings. The molecular formula is C62H90N8O13. The van der Waals surface area contributed by atoms with E-state index in [1.807, 2.05) is 6.92 Å². The molecule has 21 nitrogen and oxygen atoms in total. The zero-order chi connectivity index (χ0) is 58.8. The van der Waals surface area contributed by atoms with Gasteiger partial charge in [-0.1, -0.05) is 64.0 Å². The van der Waals surface area contributed by atoms with Gasteiger partial charge in [0.25, 0.3) is 0 Å². The number of hydrogen-bond donors (Lipinski definition) is 15. The molecule has 0 aromatic carbocycles. The van der Waals surface area contributed by atoms with Crippen LogP contribution in [0, 0.1) is 108 Å². The topological polar surface area (TPSA) is 354 Å². The van der Waals surface area contributed by atoms with Crippen LogP contribution in [-0.2, 0) is 25.5 Å². The van der Waals surface area contributed by atoms with Gasteiger partial charge in [0.2, 0.25) is 5.91 Å². The van der Waals surface area contributed by atoms with Crippen molar-refractivity contribution in [3.8, 4) is 11.8 Å². The number of rotatable bonds is 12. The van der Waals surface area contributed by atoms with Gasteiger partial charge in [0.15, 0.2) is 6.29 Å². The Morgan fingerprint density at radius 1 is 0.928 bits per heavy atom. The highest BCUT2D eigenvalue weighted by Crippen LogP contribution is 2.87. The van der Waals surface area contributed by atoms with Crippen molar-refractivity contribution >= 4 is 17.7 Å². The van der Waals surface area contributed by atoms with E-state index in [9.17, 15) is 50.8 Å². The van der Waals surface area contributed by atoms with Crippen LogP contribution >= 0.6 is 0 Å². The van der Waals surface area contributed by atoms with Gasteiger partial charge in [-0.05, 0) is 135 Å². The minimum Gasteiger partial charge on any atom is -0.481 e. The van der Waals surface area contributed by atoms with Crippen molar-refractivity contribution in [2.75, 3.05) is 45.3 Å². The Balaban J connectivity index is 1.09. The molecule has 2 saturated heterocycles. The van der Waals surface area contributed by atoms with Gasteiger partial charge < -0.3 is 87.1 Å². The number of hydrogen-bond acceptors (Lipinski definition) is 17. The molecule has 0 radical (unpaired) electrons. The third kappa shape index (κ3) is 7.38. The summed E-state index contributed by atoms with van der Waals surface area (Å²) in [7, 11) is 1.71. The Hall–Kier alpha value is -4.02. The van der Waals surface area contributed by atoms with Gasteiger partial charge in [0, 0.05) is 72.1 Å². The van der Waals surface area contributed by atoms with Gasteiger partial charge in [-0.15, -0.1) is 0 Å². The average Bonchev–Trinajstić information content (AvgIpc) is 0.946. The minimum atomic E-state index is -1.71. The molecule has 456 valence electrons. The Morgan fingerprint density at radius 3 is 2.43 bits per heavy atom. The molecule has 2 bridgehead atoms. The smallest absolute Gasteiger partial charge is 0.310 e. The monoisotopic (exact) mass is 1150 g/mol. The lowest BCUT2D eigenvalue weighted by Crippen LogP contribution is -2.80. The summed E-state index contributed by atoms with van der Waals surface area (Å²) in [6.45, 7) is 8.45. The molecule has 8 aliphatic carbocycles. The molecule has 0 unspecified atom stereocenters. The van der Waals surface area contributed by atoms with Crippen LogP contribution in [0.2, 0.25) is 0 Å². The predicted octanol–water partition coefficient (Wildman–Crippen LogP) is 1.73. The first-order chi connectivity index (χ1) is 39.5. The fourth-order valence-corrected chi connectivity index (χ4v) is 23.0. The van der Waals surface area contributed by atoms with Crippen molar-refractivity contribution in [1.82, 2.24) is 30.6 Å². The highest BCUT2D eigenvalue weighted by Gasteiger charge is 2.84. The number of carbonyl (C=O) groups is 2. The van der Waals surface area contributed by atoms with Gasteiger partial charge in [0.1, 0.15) is 30.4 Å². The van der Waals surface area contributed by atoms with Crippen LogP contribution in [0.15, 0.2) is 30.5 Å². The maximum absolute atomic E-state index is 15.8. The quantitative estimate of drug-likeness (QED) is 0.0623. The summed E-state index contributed by atoms with van der Waals surface area (Å²) in [5.74, 6) is 1.92. The summed E-state index contributed by atoms with van der Waals surface area (Å²) >= 11 is 0. The van der Waals surface area contributed by atoms with Gasteiger partial charge >= 0.3 is 5.97 Å². The maximum atomic E-state index is 15.8. The number of carbonyl (C=O) groups excluding carboxylic acids is 1. The Bertz CT molecular complexity index is 2930. The molecule has 2 aromatic rings. The fourth-order valence-electron chi connectivity index (χ4n) is 23.0. The molecule has 5 heterocycles. The number of ether oxygens (including phenoxy) is 2. The second-order valence-electron chi connectivity index (χ2n) is 29.1. The molecule has 11 aliphatic rings. The molecule has 1 amide bonds. The van der Waals surface area contributed by atoms with Crippen LogP contribution in [-0.4, -0.2) is 173 Å². The van der Waals surface area contributed by atoms with Crippen molar-refractivity contribution in [3.63, 3.8) is 0 Å². The molecule has 16 N–H and O–H groups in total. The van der Waals surface area contributed by atoms with E-state index in [0.717, 1.165) is 29.9 Å². The number of allylic oxidation sites excluding steroid dienone is 2. The number of aliphatic carboxylic acids is 1. The van der Waals surface area contributed by atoms with Crippen LogP contribution in [0.25, 0.3) is 0 Å². The second-order valence-corrected chi connectivity index (χ2v) is 29.1. The van der Waals surface area contributed by atoms with E-state index in [0.29, 0.717) is 76.4 Å². The fraction of sp³-hybridized carbons (Fsp3) is 0.806. The number of aliphatic hydroxyl groups is 8. The van der Waals surface area contributed by atoms with E-state index in [1.165, 1.54) is 6.33 Å². The van der Waals surface area contributed by atoms with E-state index < -0.39 is 158 Å². The maximum Gasteiger partial charge on any atom is 0.310 e. The summed E-state index contributed by atoms with van der Waals surface area (Å²) < 4.78 is 12.9. The van der Waals surface area contributed by atoms with Crippen LogP contribution in [0.4, 0.5) is 5.82 Å². The number of amides is 1. The molecule has 21 heteroatoms. The third-order valence-corrected chi connectivity index (χ3v) is 26.6. The largest absolute Gasteiger partial charge is 0.481 e. The van der Waals surface area contributed by atoms with Crippen molar-refractivity contribution in [2.45, 2.75) is 172 Å². The number of aromatic amines is 2. The number of nitrogens with zero attached hydrogens (tertiary/aromatic N) is 2. The van der Waals surface area contributed by atoms with Crippen LogP contribution in [0.3, 0.4) is 0 Å². The Kier molecular flexibility index (Phi) is 14.0. The zero-order valence-electron chi connectivity index (χ0n) is 48.6. The molecule has 2 aromatic heterocycles. The molecule has 3 aliphatic heterocycles. The van der Waals surface area contributed by atoms with Crippen molar-refractivity contribution in [2.24, 2.45) is 102 Å². The van der Waals surface area contributed by atoms with E-state index >= 15 is 4.79 Å². The van der Waals surface area contributed by atoms with Gasteiger partial charge in [-0.2, -0.15) is 0 Å². The number of carboxylic acid groups (broad SMARTS) is 1. The van der Waals surface area contributed by atoms with E-state index in [1.54, 1.807) is 19.6 Å². The number of aromatic nitrogens is 4. The Morgan fingerprint density at radius 2 is 1.72 bits per heavy atom. The number of anilines is 1. The number of carboxylic acids is 1. The SMILES string of the molecule is CNC[C@@H]([C@H](O)[C@@H](c1cnc[nH]1)[C@@H]1NC(=O)[C@@]23CCC[C@@H]2C#C[C@H]2C=C4[C@@H]5C[C@@](C)(CO)CC[C@]5(C(=O)O)[C@H]5CNc6nc[nH]c6C[C@H]5[C@]45CCC[C@]24[C@@]2(C)[C@H](C[C@@H]13)[C@@H](O)[C@@H](O[C@@H]1OC[C@@H](O)[C@H](O)[C@H]1O)[C@@](C)(CO)[C@H]2CC[C@]45C)[C@@H](N)O. The van der Waals surface area contributed by atoms with Gasteiger partial charge in [0.05, 0.1) is 60.7 Å². The molecule has 83 heavy (non-hydrogen) atoms. The lowest BCUT2D eigenvalue weighted by Gasteiger charge is -2.83. The first-order valence-electron chi connectivity index (χ1n) is 31.0. The lowest BCUT2D eigenvalue weighted by atomic mass is 9.21. The standard InChI is InChI=1S/C62H90N8O13/c1-55(26-71)16-17-60(54(80)81)37(21-55)33-18-31-10-9-30-8-6-12-59(30)35(44(70-53(59)79)43(40-24-65-28-67-40)45(74)32(22-64-5)50(63)78)19-36-46(75)49(83-52-48(77)47(76)41(73)25-82-52)56(2,27-72)42-11-15-57(3)61(33,13-7-14-62(31,57)58(36,42)4)34-20-39-51(69-29-68-39)66-23-38(34)60/h18,24,28-32,34-38,41-50,52,64,66,71-78H,6-8,11-17,19-23,25-27,63H2,1-5H3,(H,65,67)(H,68,69)(H,70,79)(H,80,81)/t30-,31+,32+,34-,35+,36-,37+,38+,41-,42-,43+,44-,45+,46-,47+,48-,49-,50+,52+,55+,56+,57+,58+,59+,60-,61+,62+/m1/s1. The van der Waals surface area contributed by atoms with Crippen molar-refractivity contribution < 1.29 is 65.0 Å². The number of nitrogens with one attached hydrogen (secondary N) is 5. The summed E-state index contributed by atoms with van der Waals surface area (Å²) in [6, 6.07) is -0.825. The van der Waals surface area contributed by atoms with Crippen LogP contribution in [0.1, 0.15) is 122 Å². The van der Waals surface area contributed by atoms with E-state index in [2.05, 4.69) is 69.6 Å². The number of aliphatic hydroxyl groups excluding tert-OH is 8. The normalized spacial score (nSPS) is 49.7. The average molecular weight is 1160 g/mol. The molecule has 6 saturated carbocycles. The minimum absolute atomic E-state index is 0.0925. The number of fused-ring (bicyclic) bond motifs is 5. The second kappa shape index (κ2) is 20.0. The lowest BCUT2D eigenvalue weighted by molar-refractivity contribution is -0.366. The first-order valence-corrected chi connectivity index (χ1v) is 31.0. The Labute approximate surface area is 485 Å². The van der Waals surface area contributed by atoms with Gasteiger partial charge in [-0.25, -0.2) is 9.97 Å². The van der Waals surface area contributed by atoms with Crippen molar-refractivity contribution in [1.29, 1.82) is 0 Å². The summed E-state index contributed by atoms with van der Waals surface area (Å²) in [6.07, 6.45) is 2.77. The highest BCUT2D eigenvalue weighted by molar-refractivity contribution is 5.87. The molecular weight excluding hydrogens is 1060 g/mol. The summed E-state index contributed by atoms with van der Waals surface area (Å²) in [4.78, 5) is 46.6. The van der Waals surface area contributed by atoms with Crippen LogP contribution in [0.5, 0.6) is 0 Å². The zero-order valence-corrected chi connectivity index (χ0v) is 48.6. The summed E-state index contributed by atoms with van der Waals surface area (Å²) in [5.41, 5.74) is 1.56. The number of imidazole rings is 2. The van der Waals surface area contributed by atoms with Gasteiger partial charge in [-0.3, -0.25) is 9.59 Å². The predicted molar refractivity (Wildman–Crippen MR) is 299 cm³/mol. The van der Waals surface area contributed by atoms with Crippen molar-refractivity contribution in [3.05, 3.63) is 41.9 Å². The first kappa shape index (κ1) is 58.0. The van der Waals surface area contributed by atoms with E-state index in [4.69, 9.17) is 20.2 Å². The summed E-state index contributed by atoms with van der Waals surface area (Å²) in [5, 5.41) is 118. The number of H-pyrrole nitrogens is 2. The number of nitrogens with two attached hydrogens (primary N) is 1. The molecule has 3 spiro atoms. The molecule has 13 rings (SSSR count). The van der Waals surface area contributed by atoms with E-state index in [-0.39, 0.29) is 43.9 Å². The highest BCUT2D eigenvalue weighted by atomic mass is 16.7.